The van der Waals surface area contributed by atoms with Gasteiger partial charge in [0.15, 0.2) is 28.3 Å². The van der Waals surface area contributed by atoms with E-state index in [0.717, 1.165) is 4.52 Å². The van der Waals surface area contributed by atoms with E-state index in [1.54, 1.807) is 13.8 Å². The molecule has 150 valence electrons. The van der Waals surface area contributed by atoms with Crippen LogP contribution in [0.4, 0.5) is 26.3 Å². The molecular weight excluding hydrogens is 410 g/mol. The Morgan fingerprint density at radius 3 is 2.32 bits per heavy atom. The molecule has 0 atom stereocenters. The van der Waals surface area contributed by atoms with Crippen molar-refractivity contribution in [1.29, 1.82) is 0 Å². The predicted molar refractivity (Wildman–Crippen MR) is 89.8 cm³/mol. The van der Waals surface area contributed by atoms with E-state index < -0.39 is 35.1 Å². The molecule has 0 aliphatic rings. The molecule has 0 radical (unpaired) electrons. The second-order valence-electron chi connectivity index (χ2n) is 6.16. The fraction of sp³-hybridized carbons (Fsp3) is 0.312. The Hall–Kier alpha value is -2.50. The van der Waals surface area contributed by atoms with Crippen LogP contribution < -0.4 is 5.69 Å². The van der Waals surface area contributed by atoms with Crippen molar-refractivity contribution in [2.75, 3.05) is 5.75 Å². The number of H-pyrrole nitrogens is 1. The molecular formula is C16H12F6N4OS. The second kappa shape index (κ2) is 7.15. The first-order valence-electron chi connectivity index (χ1n) is 7.85. The van der Waals surface area contributed by atoms with E-state index in [2.05, 4.69) is 15.1 Å². The normalized spacial score (nSPS) is 12.3. The zero-order valence-corrected chi connectivity index (χ0v) is 15.2. The van der Waals surface area contributed by atoms with E-state index in [1.807, 2.05) is 0 Å². The van der Waals surface area contributed by atoms with Crippen molar-refractivity contribution in [3.63, 3.8) is 0 Å². The van der Waals surface area contributed by atoms with Crippen molar-refractivity contribution >= 4 is 17.4 Å². The van der Waals surface area contributed by atoms with Crippen LogP contribution in [-0.4, -0.2) is 31.5 Å². The molecule has 0 unspecified atom stereocenters. The lowest BCUT2D eigenvalue weighted by molar-refractivity contribution is -0.105. The summed E-state index contributed by atoms with van der Waals surface area (Å²) in [5, 5.41) is 3.72. The largest absolute Gasteiger partial charge is 0.398 e. The molecule has 0 saturated carbocycles. The fourth-order valence-electron chi connectivity index (χ4n) is 2.54. The summed E-state index contributed by atoms with van der Waals surface area (Å²) in [5.74, 6) is -6.22. The van der Waals surface area contributed by atoms with Crippen molar-refractivity contribution in [2.45, 2.75) is 31.1 Å². The highest BCUT2D eigenvalue weighted by molar-refractivity contribution is 7.99. The molecule has 0 spiro atoms. The van der Waals surface area contributed by atoms with E-state index in [-0.39, 0.29) is 45.3 Å². The van der Waals surface area contributed by atoms with Crippen molar-refractivity contribution in [1.82, 2.24) is 19.6 Å². The van der Waals surface area contributed by atoms with Gasteiger partial charge in [-0.15, -0.1) is 0 Å². The Morgan fingerprint density at radius 1 is 1.18 bits per heavy atom. The lowest BCUT2D eigenvalue weighted by Gasteiger charge is -2.08. The monoisotopic (exact) mass is 422 g/mol. The van der Waals surface area contributed by atoms with E-state index in [4.69, 9.17) is 0 Å². The number of rotatable bonds is 4. The number of aromatic amines is 1. The Bertz CT molecular complexity index is 1080. The number of benzene rings is 1. The van der Waals surface area contributed by atoms with Gasteiger partial charge in [-0.1, -0.05) is 25.6 Å². The highest BCUT2D eigenvalue weighted by Gasteiger charge is 2.29. The molecule has 3 aromatic rings. The third-order valence-electron chi connectivity index (χ3n) is 3.69. The van der Waals surface area contributed by atoms with Gasteiger partial charge in [0.2, 0.25) is 0 Å². The number of nitrogens with zero attached hydrogens (tertiary/aromatic N) is 3. The van der Waals surface area contributed by atoms with Crippen molar-refractivity contribution in [2.24, 2.45) is 0 Å². The Labute approximate surface area is 157 Å². The summed E-state index contributed by atoms with van der Waals surface area (Å²) in [6.07, 6.45) is -4.50. The van der Waals surface area contributed by atoms with Gasteiger partial charge in [0, 0.05) is 0 Å². The van der Waals surface area contributed by atoms with E-state index in [0.29, 0.717) is 12.1 Å². The zero-order valence-electron chi connectivity index (χ0n) is 14.4. The van der Waals surface area contributed by atoms with Crippen molar-refractivity contribution < 1.29 is 26.3 Å². The van der Waals surface area contributed by atoms with Gasteiger partial charge in [-0.05, 0) is 23.6 Å². The van der Waals surface area contributed by atoms with Crippen LogP contribution in [0.3, 0.4) is 0 Å². The van der Waals surface area contributed by atoms with Crippen LogP contribution in [0, 0.1) is 17.5 Å². The summed E-state index contributed by atoms with van der Waals surface area (Å²) < 4.78 is 78.9. The van der Waals surface area contributed by atoms with Gasteiger partial charge in [0.1, 0.15) is 0 Å². The maximum absolute atomic E-state index is 13.7. The topological polar surface area (TPSA) is 63.1 Å². The average Bonchev–Trinajstić information content (AvgIpc) is 2.97. The number of fused-ring (bicyclic) bond motifs is 1. The molecule has 2 heterocycles. The molecule has 1 aromatic carbocycles. The summed E-state index contributed by atoms with van der Waals surface area (Å²) in [4.78, 5) is 18.4. The van der Waals surface area contributed by atoms with E-state index in [1.165, 1.54) is 0 Å². The summed E-state index contributed by atoms with van der Waals surface area (Å²) in [5.41, 5.74) is -0.942. The lowest BCUT2D eigenvalue weighted by atomic mass is 9.99. The number of alkyl halides is 3. The molecule has 0 saturated heterocycles. The van der Waals surface area contributed by atoms with Crippen LogP contribution in [0.15, 0.2) is 22.1 Å². The van der Waals surface area contributed by atoms with Crippen LogP contribution in [0.5, 0.6) is 0 Å². The smallest absolute Gasteiger partial charge is 0.285 e. The summed E-state index contributed by atoms with van der Waals surface area (Å²) in [6, 6.07) is 1.43. The fourth-order valence-corrected chi connectivity index (χ4v) is 3.15. The highest BCUT2D eigenvalue weighted by Crippen LogP contribution is 2.34. The zero-order chi connectivity index (χ0) is 20.8. The minimum Gasteiger partial charge on any atom is -0.285 e. The molecule has 0 aliphatic heterocycles. The molecule has 12 heteroatoms. The van der Waals surface area contributed by atoms with E-state index >= 15 is 0 Å². The number of hydrogen-bond acceptors (Lipinski definition) is 4. The molecule has 0 fully saturated rings. The first-order valence-corrected chi connectivity index (χ1v) is 8.84. The number of thioether (sulfide) groups is 1. The second-order valence-corrected chi connectivity index (χ2v) is 7.12. The lowest BCUT2D eigenvalue weighted by Crippen LogP contribution is -2.20. The molecule has 1 N–H and O–H groups in total. The van der Waals surface area contributed by atoms with Gasteiger partial charge >= 0.3 is 11.9 Å². The summed E-state index contributed by atoms with van der Waals surface area (Å²) in [6.45, 7) is 3.38. The van der Waals surface area contributed by atoms with Crippen LogP contribution in [0.2, 0.25) is 0 Å². The molecule has 2 aromatic heterocycles. The minimum atomic E-state index is -4.50. The number of hydrogen-bond donors (Lipinski definition) is 1. The molecule has 0 bridgehead atoms. The predicted octanol–water partition coefficient (Wildman–Crippen LogP) is 4.28. The summed E-state index contributed by atoms with van der Waals surface area (Å²) in [7, 11) is 0. The first-order chi connectivity index (χ1) is 13.0. The van der Waals surface area contributed by atoms with Crippen LogP contribution in [0.1, 0.15) is 25.5 Å². The first kappa shape index (κ1) is 20.2. The van der Waals surface area contributed by atoms with Crippen LogP contribution in [0.25, 0.3) is 16.8 Å². The third-order valence-corrected chi connectivity index (χ3v) is 4.63. The van der Waals surface area contributed by atoms with Crippen LogP contribution >= 0.6 is 11.8 Å². The van der Waals surface area contributed by atoms with Gasteiger partial charge in [0.25, 0.3) is 0 Å². The van der Waals surface area contributed by atoms with Gasteiger partial charge in [-0.3, -0.25) is 4.98 Å². The van der Waals surface area contributed by atoms with Gasteiger partial charge < -0.3 is 0 Å². The number of aromatic nitrogens is 4. The number of nitrogens with one attached hydrogen (secondary N) is 1. The summed E-state index contributed by atoms with van der Waals surface area (Å²) >= 11 is 0.246. The molecule has 0 aliphatic carbocycles. The van der Waals surface area contributed by atoms with Gasteiger partial charge in [0.05, 0.1) is 17.0 Å². The van der Waals surface area contributed by atoms with E-state index in [9.17, 15) is 31.1 Å². The highest BCUT2D eigenvalue weighted by atomic mass is 32.2. The standard InChI is InChI=1S/C16H12F6N4OS/c1-6(2)12-10(7-3-8(17)11(19)9(18)4-7)13-23-14(28-5-16(20,21)22)24-15(27)26(13)25-12/h3-4,6H,5H2,1-2H3,(H,23,24,27). The quantitative estimate of drug-likeness (QED) is 0.387. The average molecular weight is 422 g/mol. The maximum Gasteiger partial charge on any atom is 0.398 e. The van der Waals surface area contributed by atoms with Gasteiger partial charge in [-0.2, -0.15) is 22.8 Å². The molecule has 3 rings (SSSR count). The maximum atomic E-state index is 13.7. The minimum absolute atomic E-state index is 0.0350. The van der Waals surface area contributed by atoms with Gasteiger partial charge in [-0.25, -0.2) is 22.9 Å². The van der Waals surface area contributed by atoms with Crippen LogP contribution in [-0.2, 0) is 0 Å². The Kier molecular flexibility index (Phi) is 5.17. The number of halogens is 6. The Balaban J connectivity index is 2.26. The molecule has 28 heavy (non-hydrogen) atoms. The molecule has 0 amide bonds. The van der Waals surface area contributed by atoms with Crippen molar-refractivity contribution in [3.05, 3.63) is 45.8 Å². The third kappa shape index (κ3) is 3.86. The SMILES string of the molecule is CC(C)c1nn2c(=O)[nH]c(SCC(F)(F)F)nc2c1-c1cc(F)c(F)c(F)c1. The molecule has 5 nitrogen and oxygen atoms in total. The Morgan fingerprint density at radius 2 is 1.79 bits per heavy atom. The van der Waals surface area contributed by atoms with Crippen molar-refractivity contribution in [3.8, 4) is 11.1 Å².